The Kier molecular flexibility index (Phi) is 3.57. The monoisotopic (exact) mass is 184 g/mol. The molecule has 1 atom stereocenters. The fourth-order valence-corrected chi connectivity index (χ4v) is 1.29. The van der Waals surface area contributed by atoms with E-state index in [2.05, 4.69) is 6.07 Å². The smallest absolute Gasteiger partial charge is 0.0583 e. The maximum absolute atomic E-state index is 5.83. The maximum atomic E-state index is 5.83. The summed E-state index contributed by atoms with van der Waals surface area (Å²) in [5.41, 5.74) is 1.22. The average molecular weight is 185 g/mol. The Hall–Kier alpha value is -0.530. The van der Waals surface area contributed by atoms with Crippen LogP contribution in [0.25, 0.3) is 0 Å². The minimum Gasteiger partial charge on any atom is -0.381 e. The van der Waals surface area contributed by atoms with Gasteiger partial charge in [-0.1, -0.05) is 23.7 Å². The zero-order chi connectivity index (χ0) is 8.97. The summed E-state index contributed by atoms with van der Waals surface area (Å²) in [5.74, 6) is 0. The lowest BCUT2D eigenvalue weighted by atomic mass is 10.1. The molecule has 1 aromatic rings. The Bertz CT molecular complexity index is 247. The molecule has 1 aromatic carbocycles. The van der Waals surface area contributed by atoms with Gasteiger partial charge in [0.1, 0.15) is 0 Å². The predicted molar refractivity (Wildman–Crippen MR) is 51.6 cm³/mol. The van der Waals surface area contributed by atoms with Crippen LogP contribution < -0.4 is 0 Å². The Morgan fingerprint density at radius 1 is 1.50 bits per heavy atom. The zero-order valence-corrected chi connectivity index (χ0v) is 8.14. The number of rotatable bonds is 3. The molecule has 1 unspecified atom stereocenters. The van der Waals surface area contributed by atoms with Gasteiger partial charge in [-0.15, -0.1) is 0 Å². The maximum Gasteiger partial charge on any atom is 0.0583 e. The van der Waals surface area contributed by atoms with Gasteiger partial charge in [0.2, 0.25) is 0 Å². The third-order valence-corrected chi connectivity index (χ3v) is 2.05. The van der Waals surface area contributed by atoms with E-state index >= 15 is 0 Å². The Labute approximate surface area is 78.3 Å². The van der Waals surface area contributed by atoms with Crippen LogP contribution >= 0.6 is 11.6 Å². The summed E-state index contributed by atoms with van der Waals surface area (Å²) < 4.78 is 5.15. The van der Waals surface area contributed by atoms with E-state index in [1.807, 2.05) is 25.1 Å². The molecule has 0 spiro atoms. The second-order valence-electron chi connectivity index (χ2n) is 2.88. The molecule has 1 nitrogen and oxygen atoms in total. The summed E-state index contributed by atoms with van der Waals surface area (Å²) in [4.78, 5) is 0. The van der Waals surface area contributed by atoms with Crippen LogP contribution in [0, 0.1) is 0 Å². The molecular weight excluding hydrogens is 172 g/mol. The molecule has 0 amide bonds. The topological polar surface area (TPSA) is 9.23 Å². The largest absolute Gasteiger partial charge is 0.381 e. The van der Waals surface area contributed by atoms with Gasteiger partial charge in [-0.2, -0.15) is 0 Å². The van der Waals surface area contributed by atoms with Crippen molar-refractivity contribution in [3.8, 4) is 0 Å². The number of ether oxygens (including phenoxy) is 1. The molecule has 0 radical (unpaired) electrons. The Balaban J connectivity index is 2.63. The van der Waals surface area contributed by atoms with Crippen LogP contribution in [0.1, 0.15) is 12.5 Å². The number of methoxy groups -OCH3 is 1. The molecule has 0 saturated carbocycles. The number of hydrogen-bond donors (Lipinski definition) is 0. The van der Waals surface area contributed by atoms with E-state index in [0.717, 1.165) is 11.4 Å². The van der Waals surface area contributed by atoms with E-state index in [0.29, 0.717) is 0 Å². The summed E-state index contributed by atoms with van der Waals surface area (Å²) in [5, 5.41) is 0.788. The highest BCUT2D eigenvalue weighted by Crippen LogP contribution is 2.12. The van der Waals surface area contributed by atoms with Crippen molar-refractivity contribution in [1.82, 2.24) is 0 Å². The van der Waals surface area contributed by atoms with E-state index in [1.54, 1.807) is 7.11 Å². The highest BCUT2D eigenvalue weighted by molar-refractivity contribution is 6.30. The van der Waals surface area contributed by atoms with Crippen LogP contribution in [0.3, 0.4) is 0 Å². The first kappa shape index (κ1) is 9.56. The molecule has 0 N–H and O–H groups in total. The van der Waals surface area contributed by atoms with Gasteiger partial charge in [-0.25, -0.2) is 0 Å². The van der Waals surface area contributed by atoms with Gasteiger partial charge >= 0.3 is 0 Å². The minimum absolute atomic E-state index is 0.253. The second kappa shape index (κ2) is 4.48. The zero-order valence-electron chi connectivity index (χ0n) is 7.38. The number of hydrogen-bond acceptors (Lipinski definition) is 1. The van der Waals surface area contributed by atoms with E-state index in [1.165, 1.54) is 5.56 Å². The van der Waals surface area contributed by atoms with Crippen molar-refractivity contribution < 1.29 is 4.74 Å². The highest BCUT2D eigenvalue weighted by Gasteiger charge is 2.01. The average Bonchev–Trinajstić information content (AvgIpc) is 2.04. The Morgan fingerprint density at radius 2 is 2.25 bits per heavy atom. The van der Waals surface area contributed by atoms with Crippen LogP contribution in [-0.2, 0) is 11.2 Å². The molecule has 0 aliphatic rings. The molecule has 0 aliphatic heterocycles. The fraction of sp³-hybridized carbons (Fsp3) is 0.400. The second-order valence-corrected chi connectivity index (χ2v) is 3.32. The molecule has 66 valence electrons. The fourth-order valence-electron chi connectivity index (χ4n) is 1.08. The molecule has 1 rings (SSSR count). The summed E-state index contributed by atoms with van der Waals surface area (Å²) in [7, 11) is 1.72. The van der Waals surface area contributed by atoms with Crippen LogP contribution in [0.15, 0.2) is 24.3 Å². The van der Waals surface area contributed by atoms with Crippen LogP contribution in [0.4, 0.5) is 0 Å². The Morgan fingerprint density at radius 3 is 2.83 bits per heavy atom. The SMILES string of the molecule is COC(C)Cc1cccc(Cl)c1. The normalized spacial score (nSPS) is 12.9. The lowest BCUT2D eigenvalue weighted by molar-refractivity contribution is 0.119. The molecule has 0 aliphatic carbocycles. The minimum atomic E-state index is 0.253. The molecular formula is C10H13ClO. The van der Waals surface area contributed by atoms with E-state index in [-0.39, 0.29) is 6.10 Å². The van der Waals surface area contributed by atoms with E-state index in [9.17, 15) is 0 Å². The van der Waals surface area contributed by atoms with Crippen molar-refractivity contribution >= 4 is 11.6 Å². The van der Waals surface area contributed by atoms with Crippen LogP contribution in [0.2, 0.25) is 5.02 Å². The van der Waals surface area contributed by atoms with Crippen molar-refractivity contribution in [2.45, 2.75) is 19.4 Å². The highest BCUT2D eigenvalue weighted by atomic mass is 35.5. The first-order valence-corrected chi connectivity index (χ1v) is 4.37. The third-order valence-electron chi connectivity index (χ3n) is 1.81. The molecule has 0 aromatic heterocycles. The molecule has 12 heavy (non-hydrogen) atoms. The van der Waals surface area contributed by atoms with E-state index < -0.39 is 0 Å². The number of benzene rings is 1. The summed E-state index contributed by atoms with van der Waals surface area (Å²) >= 11 is 5.83. The van der Waals surface area contributed by atoms with Gasteiger partial charge in [0.15, 0.2) is 0 Å². The molecule has 0 fully saturated rings. The summed E-state index contributed by atoms with van der Waals surface area (Å²) in [6.45, 7) is 2.04. The van der Waals surface area contributed by atoms with Crippen molar-refractivity contribution in [2.75, 3.05) is 7.11 Å². The van der Waals surface area contributed by atoms with Gasteiger partial charge in [-0.05, 0) is 31.0 Å². The van der Waals surface area contributed by atoms with Gasteiger partial charge < -0.3 is 4.74 Å². The van der Waals surface area contributed by atoms with Gasteiger partial charge in [0.25, 0.3) is 0 Å². The summed E-state index contributed by atoms with van der Waals surface area (Å²) in [6.07, 6.45) is 1.17. The van der Waals surface area contributed by atoms with Gasteiger partial charge in [0.05, 0.1) is 6.10 Å². The lowest BCUT2D eigenvalue weighted by Crippen LogP contribution is -2.08. The van der Waals surface area contributed by atoms with Gasteiger partial charge in [-0.3, -0.25) is 0 Å². The van der Waals surface area contributed by atoms with Crippen molar-refractivity contribution in [2.24, 2.45) is 0 Å². The molecule has 0 saturated heterocycles. The first-order valence-electron chi connectivity index (χ1n) is 3.99. The van der Waals surface area contributed by atoms with Crippen LogP contribution in [-0.4, -0.2) is 13.2 Å². The first-order chi connectivity index (χ1) is 5.72. The van der Waals surface area contributed by atoms with Crippen molar-refractivity contribution in [1.29, 1.82) is 0 Å². The molecule has 2 heteroatoms. The van der Waals surface area contributed by atoms with Crippen molar-refractivity contribution in [3.05, 3.63) is 34.9 Å². The standard InChI is InChI=1S/C10H13ClO/c1-8(12-2)6-9-4-3-5-10(11)7-9/h3-5,7-8H,6H2,1-2H3. The lowest BCUT2D eigenvalue weighted by Gasteiger charge is -2.08. The third kappa shape index (κ3) is 2.84. The van der Waals surface area contributed by atoms with Crippen molar-refractivity contribution in [3.63, 3.8) is 0 Å². The summed E-state index contributed by atoms with van der Waals surface area (Å²) in [6, 6.07) is 7.86. The molecule has 0 heterocycles. The van der Waals surface area contributed by atoms with Gasteiger partial charge in [0, 0.05) is 12.1 Å². The quantitative estimate of drug-likeness (QED) is 0.702. The predicted octanol–water partition coefficient (Wildman–Crippen LogP) is 2.92. The number of halogens is 1. The van der Waals surface area contributed by atoms with Crippen LogP contribution in [0.5, 0.6) is 0 Å². The van der Waals surface area contributed by atoms with E-state index in [4.69, 9.17) is 16.3 Å². The molecule has 0 bridgehead atoms.